The molecule has 1 aromatic carbocycles. The molecule has 0 fully saturated rings. The number of carbonyl (C=O) groups is 2. The quantitative estimate of drug-likeness (QED) is 0.397. The fourth-order valence-electron chi connectivity index (χ4n) is 3.14. The van der Waals surface area contributed by atoms with Gasteiger partial charge in [-0.1, -0.05) is 29.7 Å². The molecule has 6 nitrogen and oxygen atoms in total. The first-order valence-corrected chi connectivity index (χ1v) is 9.55. The highest BCUT2D eigenvalue weighted by Crippen LogP contribution is 2.27. The van der Waals surface area contributed by atoms with Crippen LogP contribution in [-0.4, -0.2) is 29.1 Å². The van der Waals surface area contributed by atoms with Crippen molar-refractivity contribution in [1.82, 2.24) is 4.57 Å². The van der Waals surface area contributed by atoms with E-state index in [-0.39, 0.29) is 12.4 Å². The SMILES string of the molecule is CCCn1c(C)cc(C(=O)CO/N=C/C(=O)Nc2c(C)cc(C)cc2Cl)c1C. The monoisotopic (exact) mass is 403 g/mol. The van der Waals surface area contributed by atoms with Crippen LogP contribution < -0.4 is 5.32 Å². The second kappa shape index (κ2) is 9.55. The zero-order chi connectivity index (χ0) is 20.8. The van der Waals surface area contributed by atoms with E-state index in [1.54, 1.807) is 6.07 Å². The number of nitrogens with zero attached hydrogens (tertiary/aromatic N) is 2. The Kier molecular flexibility index (Phi) is 7.40. The highest BCUT2D eigenvalue weighted by molar-refractivity contribution is 6.37. The first-order valence-electron chi connectivity index (χ1n) is 9.17. The molecule has 150 valence electrons. The van der Waals surface area contributed by atoms with Gasteiger partial charge in [0.25, 0.3) is 5.91 Å². The smallest absolute Gasteiger partial charge is 0.270 e. The van der Waals surface area contributed by atoms with Crippen molar-refractivity contribution in [2.24, 2.45) is 5.16 Å². The average molecular weight is 404 g/mol. The van der Waals surface area contributed by atoms with Gasteiger partial charge in [-0.25, -0.2) is 0 Å². The molecular formula is C21H26ClN3O3. The highest BCUT2D eigenvalue weighted by Gasteiger charge is 2.16. The number of benzene rings is 1. The predicted molar refractivity (Wildman–Crippen MR) is 113 cm³/mol. The number of nitrogens with one attached hydrogen (secondary N) is 1. The predicted octanol–water partition coefficient (Wildman–Crippen LogP) is 4.61. The minimum atomic E-state index is -0.484. The largest absolute Gasteiger partial charge is 0.387 e. The first kappa shape index (κ1) is 21.7. The Bertz CT molecular complexity index is 893. The van der Waals surface area contributed by atoms with E-state index in [0.29, 0.717) is 16.3 Å². The highest BCUT2D eigenvalue weighted by atomic mass is 35.5. The summed E-state index contributed by atoms with van der Waals surface area (Å²) in [6.45, 7) is 10.4. The van der Waals surface area contributed by atoms with Gasteiger partial charge in [0.2, 0.25) is 5.78 Å². The van der Waals surface area contributed by atoms with Gasteiger partial charge in [0, 0.05) is 23.5 Å². The molecule has 0 aliphatic heterocycles. The summed E-state index contributed by atoms with van der Waals surface area (Å²) in [5.41, 5.74) is 4.96. The number of amides is 1. The van der Waals surface area contributed by atoms with E-state index in [2.05, 4.69) is 22.0 Å². The molecule has 0 aliphatic rings. The van der Waals surface area contributed by atoms with Gasteiger partial charge in [0.1, 0.15) is 6.21 Å². The second-order valence-corrected chi connectivity index (χ2v) is 7.20. The Morgan fingerprint density at radius 2 is 1.93 bits per heavy atom. The van der Waals surface area contributed by atoms with Crippen molar-refractivity contribution in [3.8, 4) is 0 Å². The van der Waals surface area contributed by atoms with E-state index in [1.165, 1.54) is 0 Å². The van der Waals surface area contributed by atoms with Gasteiger partial charge in [0.05, 0.1) is 10.7 Å². The van der Waals surface area contributed by atoms with E-state index in [1.807, 2.05) is 39.8 Å². The van der Waals surface area contributed by atoms with Gasteiger partial charge < -0.3 is 14.7 Å². The molecule has 2 aromatic rings. The number of halogens is 1. The zero-order valence-corrected chi connectivity index (χ0v) is 17.7. The Balaban J connectivity index is 1.93. The third-order valence-corrected chi connectivity index (χ3v) is 4.74. The lowest BCUT2D eigenvalue weighted by molar-refractivity contribution is -0.110. The number of hydrogen-bond donors (Lipinski definition) is 1. The molecule has 0 bridgehead atoms. The lowest BCUT2D eigenvalue weighted by Gasteiger charge is -2.09. The van der Waals surface area contributed by atoms with Gasteiger partial charge in [-0.3, -0.25) is 9.59 Å². The maximum atomic E-state index is 12.4. The molecule has 0 radical (unpaired) electrons. The van der Waals surface area contributed by atoms with Crippen molar-refractivity contribution in [2.75, 3.05) is 11.9 Å². The van der Waals surface area contributed by atoms with E-state index in [9.17, 15) is 9.59 Å². The van der Waals surface area contributed by atoms with Crippen LogP contribution in [0.3, 0.4) is 0 Å². The minimum absolute atomic E-state index is 0.176. The Morgan fingerprint density at radius 1 is 1.21 bits per heavy atom. The third-order valence-electron chi connectivity index (χ3n) is 4.44. The van der Waals surface area contributed by atoms with Gasteiger partial charge in [-0.2, -0.15) is 0 Å². The van der Waals surface area contributed by atoms with Crippen molar-refractivity contribution in [2.45, 2.75) is 47.6 Å². The van der Waals surface area contributed by atoms with Crippen LogP contribution >= 0.6 is 11.6 Å². The van der Waals surface area contributed by atoms with Crippen LogP contribution in [0.1, 0.15) is 46.2 Å². The summed E-state index contributed by atoms with van der Waals surface area (Å²) in [6, 6.07) is 5.55. The molecule has 1 amide bonds. The van der Waals surface area contributed by atoms with Crippen molar-refractivity contribution in [3.05, 3.63) is 51.3 Å². The standard InChI is InChI=1S/C21H26ClN3O3/c1-6-7-25-15(4)10-17(16(25)5)19(26)12-28-23-11-20(27)24-21-14(3)8-13(2)9-18(21)22/h8-11H,6-7,12H2,1-5H3,(H,24,27)/b23-11+. The Hall–Kier alpha value is -2.60. The number of ketones is 1. The molecule has 0 aliphatic carbocycles. The minimum Gasteiger partial charge on any atom is -0.387 e. The van der Waals surface area contributed by atoms with Crippen LogP contribution in [0.25, 0.3) is 0 Å². The van der Waals surface area contributed by atoms with E-state index in [4.69, 9.17) is 16.4 Å². The van der Waals surface area contributed by atoms with Gasteiger partial charge in [0.15, 0.2) is 6.61 Å². The molecule has 28 heavy (non-hydrogen) atoms. The van der Waals surface area contributed by atoms with Crippen molar-refractivity contribution in [3.63, 3.8) is 0 Å². The van der Waals surface area contributed by atoms with Gasteiger partial charge >= 0.3 is 0 Å². The van der Waals surface area contributed by atoms with Crippen LogP contribution in [0.4, 0.5) is 5.69 Å². The molecule has 0 saturated heterocycles. The summed E-state index contributed by atoms with van der Waals surface area (Å²) in [4.78, 5) is 29.4. The first-order chi connectivity index (χ1) is 13.2. The van der Waals surface area contributed by atoms with Crippen molar-refractivity contribution in [1.29, 1.82) is 0 Å². The number of Topliss-reactive ketones (excluding diaryl/α,β-unsaturated/α-hetero) is 1. The van der Waals surface area contributed by atoms with Crippen molar-refractivity contribution < 1.29 is 14.4 Å². The number of rotatable bonds is 8. The molecular weight excluding hydrogens is 378 g/mol. The van der Waals surface area contributed by atoms with E-state index in [0.717, 1.165) is 41.7 Å². The molecule has 2 rings (SSSR count). The fourth-order valence-corrected chi connectivity index (χ4v) is 3.51. The second-order valence-electron chi connectivity index (χ2n) is 6.80. The van der Waals surface area contributed by atoms with E-state index >= 15 is 0 Å². The molecule has 1 N–H and O–H groups in total. The zero-order valence-electron chi connectivity index (χ0n) is 16.9. The third kappa shape index (κ3) is 5.23. The van der Waals surface area contributed by atoms with Gasteiger partial charge in [-0.05, 0) is 57.4 Å². The van der Waals surface area contributed by atoms with Crippen molar-refractivity contribution >= 4 is 35.2 Å². The van der Waals surface area contributed by atoms with Crippen LogP contribution in [0.5, 0.6) is 0 Å². The molecule has 1 aromatic heterocycles. The van der Waals surface area contributed by atoms with Crippen LogP contribution in [-0.2, 0) is 16.2 Å². The summed E-state index contributed by atoms with van der Waals surface area (Å²) in [6.07, 6.45) is 1.98. The summed E-state index contributed by atoms with van der Waals surface area (Å²) < 4.78 is 2.11. The topological polar surface area (TPSA) is 72.7 Å². The molecule has 7 heteroatoms. The Labute approximate surface area is 170 Å². The van der Waals surface area contributed by atoms with Crippen LogP contribution in [0.15, 0.2) is 23.4 Å². The average Bonchev–Trinajstić information content (AvgIpc) is 2.90. The number of aryl methyl sites for hydroxylation is 3. The molecule has 0 atom stereocenters. The lowest BCUT2D eigenvalue weighted by Crippen LogP contribution is -2.15. The molecule has 0 spiro atoms. The van der Waals surface area contributed by atoms with Crippen LogP contribution in [0, 0.1) is 27.7 Å². The molecule has 0 saturated carbocycles. The summed E-state index contributed by atoms with van der Waals surface area (Å²) in [5, 5.41) is 6.72. The summed E-state index contributed by atoms with van der Waals surface area (Å²) in [5.74, 6) is -0.659. The lowest BCUT2D eigenvalue weighted by atomic mass is 10.1. The maximum Gasteiger partial charge on any atom is 0.270 e. The summed E-state index contributed by atoms with van der Waals surface area (Å²) >= 11 is 6.16. The number of carbonyl (C=O) groups excluding carboxylic acids is 2. The molecule has 0 unspecified atom stereocenters. The Morgan fingerprint density at radius 3 is 2.57 bits per heavy atom. The fraction of sp³-hybridized carbons (Fsp3) is 0.381. The number of aromatic nitrogens is 1. The van der Waals surface area contributed by atoms with Gasteiger partial charge in [-0.15, -0.1) is 0 Å². The van der Waals surface area contributed by atoms with Crippen LogP contribution in [0.2, 0.25) is 5.02 Å². The van der Waals surface area contributed by atoms with E-state index < -0.39 is 5.91 Å². The molecule has 1 heterocycles. The normalized spacial score (nSPS) is 11.1. The maximum absolute atomic E-state index is 12.4. The number of anilines is 1. The summed E-state index contributed by atoms with van der Waals surface area (Å²) in [7, 11) is 0. The number of oxime groups is 1. The number of hydrogen-bond acceptors (Lipinski definition) is 4.